The van der Waals surface area contributed by atoms with E-state index in [1.165, 1.54) is 0 Å². The van der Waals surface area contributed by atoms with Gasteiger partial charge in [-0.05, 0) is 55.3 Å². The topological polar surface area (TPSA) is 47.6 Å². The Morgan fingerprint density at radius 2 is 1.21 bits per heavy atom. The minimum absolute atomic E-state index is 0.0260. The van der Waals surface area contributed by atoms with Gasteiger partial charge in [-0.15, -0.1) is 0 Å². The quantitative estimate of drug-likeness (QED) is 0.635. The molecule has 0 spiro atoms. The number of ether oxygens (including phenoxy) is 2. The molecule has 2 heterocycles. The summed E-state index contributed by atoms with van der Waals surface area (Å²) in [6.45, 7) is 26.2. The standard InChI is InChI=1S/C13H25NO2.C12H24O/c1-7-11-13(5,6)8(2)12(9(3)16-11)14-10(4)15;1-7-11-12(5,6)9(3)8(2)10(4)13-11/h8-9,11-12H,7H2,1-6H3,(H,14,15);8-11H,7H2,1-6H3/t8-,9?,11?,12?;8?,9-,10?,11?/m11/s1. The second kappa shape index (κ2) is 10.1. The van der Waals surface area contributed by atoms with Gasteiger partial charge in [0.1, 0.15) is 0 Å². The first kappa shape index (κ1) is 26.4. The van der Waals surface area contributed by atoms with E-state index in [9.17, 15) is 4.79 Å². The summed E-state index contributed by atoms with van der Waals surface area (Å²) in [6, 6.07) is 0.121. The van der Waals surface area contributed by atoms with Gasteiger partial charge in [-0.25, -0.2) is 0 Å². The molecule has 2 aliphatic rings. The monoisotopic (exact) mass is 411 g/mol. The maximum atomic E-state index is 11.2. The van der Waals surface area contributed by atoms with Crippen molar-refractivity contribution in [1.29, 1.82) is 0 Å². The molecule has 2 fully saturated rings. The molecule has 0 aliphatic carbocycles. The van der Waals surface area contributed by atoms with E-state index in [4.69, 9.17) is 9.47 Å². The first-order valence-corrected chi connectivity index (χ1v) is 11.8. The van der Waals surface area contributed by atoms with Crippen molar-refractivity contribution in [3.8, 4) is 0 Å². The Morgan fingerprint density at radius 1 is 0.793 bits per heavy atom. The molecule has 1 amide bonds. The number of amides is 1. The molecule has 2 rings (SSSR count). The van der Waals surface area contributed by atoms with Crippen molar-refractivity contribution in [2.24, 2.45) is 28.6 Å². The highest BCUT2D eigenvalue weighted by atomic mass is 16.5. The van der Waals surface area contributed by atoms with Crippen molar-refractivity contribution in [3.63, 3.8) is 0 Å². The molecule has 0 aromatic carbocycles. The zero-order valence-corrected chi connectivity index (χ0v) is 21.3. The molecular weight excluding hydrogens is 362 g/mol. The van der Waals surface area contributed by atoms with Crippen molar-refractivity contribution in [2.45, 2.75) is 126 Å². The summed E-state index contributed by atoms with van der Waals surface area (Å²) >= 11 is 0. The van der Waals surface area contributed by atoms with E-state index in [2.05, 4.69) is 81.5 Å². The van der Waals surface area contributed by atoms with Crippen LogP contribution in [0.3, 0.4) is 0 Å². The molecule has 4 nitrogen and oxygen atoms in total. The first-order valence-electron chi connectivity index (χ1n) is 11.8. The van der Waals surface area contributed by atoms with E-state index in [0.29, 0.717) is 29.5 Å². The van der Waals surface area contributed by atoms with Gasteiger partial charge in [0.15, 0.2) is 0 Å². The van der Waals surface area contributed by atoms with Crippen LogP contribution < -0.4 is 5.32 Å². The van der Waals surface area contributed by atoms with Gasteiger partial charge in [0.25, 0.3) is 0 Å². The normalized spacial score (nSPS) is 41.1. The third-order valence-corrected chi connectivity index (χ3v) is 8.45. The lowest BCUT2D eigenvalue weighted by Crippen LogP contribution is -2.59. The Bertz CT molecular complexity index is 526. The number of hydrogen-bond donors (Lipinski definition) is 1. The van der Waals surface area contributed by atoms with Gasteiger partial charge in [0.2, 0.25) is 5.91 Å². The van der Waals surface area contributed by atoms with Gasteiger partial charge in [0, 0.05) is 6.92 Å². The van der Waals surface area contributed by atoms with E-state index in [0.717, 1.165) is 18.8 Å². The van der Waals surface area contributed by atoms with Crippen LogP contribution in [0.4, 0.5) is 0 Å². The minimum Gasteiger partial charge on any atom is -0.374 e. The van der Waals surface area contributed by atoms with Crippen molar-refractivity contribution in [2.75, 3.05) is 0 Å². The lowest BCUT2D eigenvalue weighted by Gasteiger charge is -2.50. The molecule has 0 bridgehead atoms. The minimum atomic E-state index is 0.0260. The maximum absolute atomic E-state index is 11.2. The number of carbonyl (C=O) groups excluding carboxylic acids is 1. The van der Waals surface area contributed by atoms with Crippen molar-refractivity contribution >= 4 is 5.91 Å². The smallest absolute Gasteiger partial charge is 0.217 e. The Morgan fingerprint density at radius 3 is 1.62 bits per heavy atom. The number of carbonyl (C=O) groups is 1. The molecule has 2 saturated heterocycles. The molecular formula is C25H49NO3. The first-order chi connectivity index (χ1) is 13.2. The number of rotatable bonds is 3. The van der Waals surface area contributed by atoms with E-state index in [1.54, 1.807) is 6.92 Å². The summed E-state index contributed by atoms with van der Waals surface area (Å²) in [4.78, 5) is 11.2. The van der Waals surface area contributed by atoms with E-state index >= 15 is 0 Å². The van der Waals surface area contributed by atoms with Crippen molar-refractivity contribution in [1.82, 2.24) is 5.32 Å². The summed E-state index contributed by atoms with van der Waals surface area (Å²) in [6.07, 6.45) is 3.39. The third kappa shape index (κ3) is 5.76. The van der Waals surface area contributed by atoms with E-state index in [1.807, 2.05) is 0 Å². The molecule has 0 aromatic rings. The van der Waals surface area contributed by atoms with Crippen LogP contribution in [0.5, 0.6) is 0 Å². The molecule has 172 valence electrons. The molecule has 29 heavy (non-hydrogen) atoms. The SMILES string of the molecule is CCC1OC(C)C(C)[C@@H](C)C1(C)C.CCC1OC(C)C(NC(C)=O)[C@@H](C)C1(C)C. The zero-order valence-electron chi connectivity index (χ0n) is 21.3. The fraction of sp³-hybridized carbons (Fsp3) is 0.960. The summed E-state index contributed by atoms with van der Waals surface area (Å²) in [7, 11) is 0. The summed E-state index contributed by atoms with van der Waals surface area (Å²) in [5.74, 6) is 1.88. The van der Waals surface area contributed by atoms with Crippen molar-refractivity contribution in [3.05, 3.63) is 0 Å². The molecule has 6 unspecified atom stereocenters. The average Bonchev–Trinajstić information content (AvgIpc) is 2.64. The zero-order chi connectivity index (χ0) is 22.7. The Hall–Kier alpha value is -0.610. The number of nitrogens with one attached hydrogen (secondary N) is 1. The number of hydrogen-bond acceptors (Lipinski definition) is 3. The van der Waals surface area contributed by atoms with Gasteiger partial charge in [-0.3, -0.25) is 4.79 Å². The van der Waals surface area contributed by atoms with Crippen LogP contribution in [-0.2, 0) is 14.3 Å². The van der Waals surface area contributed by atoms with Gasteiger partial charge >= 0.3 is 0 Å². The van der Waals surface area contributed by atoms with Gasteiger partial charge in [-0.1, -0.05) is 62.3 Å². The lowest BCUT2D eigenvalue weighted by molar-refractivity contribution is -0.166. The second-order valence-electron chi connectivity index (χ2n) is 10.8. The Labute approximate surface area is 180 Å². The molecule has 0 aromatic heterocycles. The highest BCUT2D eigenvalue weighted by molar-refractivity contribution is 5.73. The van der Waals surface area contributed by atoms with Crippen LogP contribution in [0, 0.1) is 28.6 Å². The Balaban J connectivity index is 0.000000296. The fourth-order valence-corrected chi connectivity index (χ4v) is 5.34. The van der Waals surface area contributed by atoms with Gasteiger partial charge in [-0.2, -0.15) is 0 Å². The van der Waals surface area contributed by atoms with E-state index < -0.39 is 0 Å². The molecule has 0 saturated carbocycles. The highest BCUT2D eigenvalue weighted by Crippen LogP contribution is 2.45. The third-order valence-electron chi connectivity index (χ3n) is 8.45. The largest absolute Gasteiger partial charge is 0.374 e. The van der Waals surface area contributed by atoms with Crippen LogP contribution >= 0.6 is 0 Å². The predicted molar refractivity (Wildman–Crippen MR) is 122 cm³/mol. The van der Waals surface area contributed by atoms with Gasteiger partial charge in [0.05, 0.1) is 30.5 Å². The van der Waals surface area contributed by atoms with Crippen LogP contribution in [0.25, 0.3) is 0 Å². The predicted octanol–water partition coefficient (Wildman–Crippen LogP) is 5.83. The summed E-state index contributed by atoms with van der Waals surface area (Å²) in [5, 5.41) is 3.02. The second-order valence-corrected chi connectivity index (χ2v) is 10.8. The molecule has 4 heteroatoms. The van der Waals surface area contributed by atoms with E-state index in [-0.39, 0.29) is 29.6 Å². The maximum Gasteiger partial charge on any atom is 0.217 e. The van der Waals surface area contributed by atoms with Gasteiger partial charge < -0.3 is 14.8 Å². The Kier molecular flexibility index (Phi) is 9.23. The van der Waals surface area contributed by atoms with Crippen LogP contribution in [-0.4, -0.2) is 36.4 Å². The van der Waals surface area contributed by atoms with Crippen LogP contribution in [0.1, 0.15) is 95.9 Å². The molecule has 2 aliphatic heterocycles. The summed E-state index contributed by atoms with van der Waals surface area (Å²) < 4.78 is 12.1. The van der Waals surface area contributed by atoms with Crippen molar-refractivity contribution < 1.29 is 14.3 Å². The highest BCUT2D eigenvalue weighted by Gasteiger charge is 2.46. The fourth-order valence-electron chi connectivity index (χ4n) is 5.34. The molecule has 0 radical (unpaired) electrons. The lowest BCUT2D eigenvalue weighted by atomic mass is 9.66. The summed E-state index contributed by atoms with van der Waals surface area (Å²) in [5.41, 5.74) is 0.440. The average molecular weight is 412 g/mol. The molecule has 8 atom stereocenters. The molecule has 1 N–H and O–H groups in total. The van der Waals surface area contributed by atoms with Crippen LogP contribution in [0.2, 0.25) is 0 Å². The van der Waals surface area contributed by atoms with Crippen LogP contribution in [0.15, 0.2) is 0 Å².